The standard InChI is InChI=1S/C19H31N3OS/c1-4-16-8-7-9-17(14-16)23-18-10-12-22(15-18)19(24)20-11-13-21(5-2)6-3/h7-9,14,18H,4-6,10-13,15H2,1-3H3,(H,20,24). The molecule has 0 radical (unpaired) electrons. The summed E-state index contributed by atoms with van der Waals surface area (Å²) in [6.07, 6.45) is 2.28. The highest BCUT2D eigenvalue weighted by molar-refractivity contribution is 7.80. The van der Waals surface area contributed by atoms with Crippen molar-refractivity contribution in [1.29, 1.82) is 0 Å². The van der Waals surface area contributed by atoms with Gasteiger partial charge < -0.3 is 19.9 Å². The number of nitrogens with zero attached hydrogens (tertiary/aromatic N) is 2. The Labute approximate surface area is 152 Å². The normalized spacial score (nSPS) is 17.3. The summed E-state index contributed by atoms with van der Waals surface area (Å²) in [5, 5.41) is 4.24. The average molecular weight is 350 g/mol. The van der Waals surface area contributed by atoms with Crippen LogP contribution in [-0.4, -0.2) is 60.3 Å². The number of hydrogen-bond donors (Lipinski definition) is 1. The quantitative estimate of drug-likeness (QED) is 0.729. The zero-order chi connectivity index (χ0) is 17.4. The lowest BCUT2D eigenvalue weighted by Gasteiger charge is -2.23. The van der Waals surface area contributed by atoms with Gasteiger partial charge in [-0.05, 0) is 49.4 Å². The molecule has 0 bridgehead atoms. The van der Waals surface area contributed by atoms with Crippen molar-refractivity contribution in [3.8, 4) is 5.75 Å². The van der Waals surface area contributed by atoms with Crippen molar-refractivity contribution in [2.45, 2.75) is 39.7 Å². The van der Waals surface area contributed by atoms with Crippen LogP contribution in [0, 0.1) is 0 Å². The number of thiocarbonyl (C=S) groups is 1. The Morgan fingerprint density at radius 3 is 2.83 bits per heavy atom. The van der Waals surface area contributed by atoms with Crippen molar-refractivity contribution in [3.05, 3.63) is 29.8 Å². The predicted octanol–water partition coefficient (Wildman–Crippen LogP) is 2.92. The highest BCUT2D eigenvalue weighted by Crippen LogP contribution is 2.20. The molecule has 1 aliphatic rings. The fourth-order valence-corrected chi connectivity index (χ4v) is 3.28. The summed E-state index contributed by atoms with van der Waals surface area (Å²) in [7, 11) is 0. The number of hydrogen-bond acceptors (Lipinski definition) is 3. The van der Waals surface area contributed by atoms with Crippen molar-refractivity contribution in [1.82, 2.24) is 15.1 Å². The lowest BCUT2D eigenvalue weighted by Crippen LogP contribution is -2.42. The van der Waals surface area contributed by atoms with E-state index in [0.29, 0.717) is 0 Å². The minimum Gasteiger partial charge on any atom is -0.489 e. The van der Waals surface area contributed by atoms with Crippen LogP contribution in [0.3, 0.4) is 0 Å². The van der Waals surface area contributed by atoms with Crippen LogP contribution < -0.4 is 10.1 Å². The molecule has 1 aromatic rings. The van der Waals surface area contributed by atoms with E-state index in [2.05, 4.69) is 54.1 Å². The Balaban J connectivity index is 1.74. The van der Waals surface area contributed by atoms with E-state index in [-0.39, 0.29) is 6.10 Å². The molecule has 1 saturated heterocycles. The lowest BCUT2D eigenvalue weighted by atomic mass is 10.1. The summed E-state index contributed by atoms with van der Waals surface area (Å²) in [5.74, 6) is 0.974. The second kappa shape index (κ2) is 9.84. The predicted molar refractivity (Wildman–Crippen MR) is 105 cm³/mol. The van der Waals surface area contributed by atoms with E-state index in [9.17, 15) is 0 Å². The first-order valence-electron chi connectivity index (χ1n) is 9.16. The summed E-state index contributed by atoms with van der Waals surface area (Å²) in [4.78, 5) is 4.62. The molecule has 1 N–H and O–H groups in total. The molecular weight excluding hydrogens is 318 g/mol. The third-order valence-electron chi connectivity index (χ3n) is 4.64. The van der Waals surface area contributed by atoms with Gasteiger partial charge in [0.05, 0.1) is 6.54 Å². The van der Waals surface area contributed by atoms with Crippen molar-refractivity contribution in [2.75, 3.05) is 39.3 Å². The molecule has 1 heterocycles. The molecule has 0 aromatic heterocycles. The van der Waals surface area contributed by atoms with Crippen LogP contribution in [-0.2, 0) is 6.42 Å². The Morgan fingerprint density at radius 2 is 2.12 bits per heavy atom. The Morgan fingerprint density at radius 1 is 1.33 bits per heavy atom. The van der Waals surface area contributed by atoms with Gasteiger partial charge in [-0.2, -0.15) is 0 Å². The van der Waals surface area contributed by atoms with E-state index in [1.54, 1.807) is 0 Å². The van der Waals surface area contributed by atoms with Gasteiger partial charge in [0, 0.05) is 26.1 Å². The van der Waals surface area contributed by atoms with E-state index in [4.69, 9.17) is 17.0 Å². The van der Waals surface area contributed by atoms with Crippen molar-refractivity contribution in [2.24, 2.45) is 0 Å². The second-order valence-electron chi connectivity index (χ2n) is 6.23. The average Bonchev–Trinajstić information content (AvgIpc) is 3.07. The van der Waals surface area contributed by atoms with Gasteiger partial charge in [0.25, 0.3) is 0 Å². The summed E-state index contributed by atoms with van der Waals surface area (Å²) in [6.45, 7) is 12.5. The zero-order valence-electron chi connectivity index (χ0n) is 15.3. The third-order valence-corrected chi connectivity index (χ3v) is 5.04. The molecule has 5 heteroatoms. The summed E-state index contributed by atoms with van der Waals surface area (Å²) in [6, 6.07) is 8.40. The number of rotatable bonds is 8. The Hall–Kier alpha value is -1.33. The second-order valence-corrected chi connectivity index (χ2v) is 6.62. The third kappa shape index (κ3) is 5.64. The molecule has 0 aliphatic carbocycles. The van der Waals surface area contributed by atoms with Gasteiger partial charge in [0.1, 0.15) is 11.9 Å². The molecule has 0 saturated carbocycles. The van der Waals surface area contributed by atoms with E-state index < -0.39 is 0 Å². The highest BCUT2D eigenvalue weighted by Gasteiger charge is 2.25. The smallest absolute Gasteiger partial charge is 0.169 e. The van der Waals surface area contributed by atoms with Gasteiger partial charge in [0.15, 0.2) is 5.11 Å². The molecule has 4 nitrogen and oxygen atoms in total. The van der Waals surface area contributed by atoms with Crippen LogP contribution in [0.4, 0.5) is 0 Å². The Kier molecular flexibility index (Phi) is 7.79. The molecule has 24 heavy (non-hydrogen) atoms. The van der Waals surface area contributed by atoms with Gasteiger partial charge in [-0.15, -0.1) is 0 Å². The largest absolute Gasteiger partial charge is 0.489 e. The van der Waals surface area contributed by atoms with Crippen molar-refractivity contribution in [3.63, 3.8) is 0 Å². The summed E-state index contributed by atoms with van der Waals surface area (Å²) >= 11 is 5.54. The van der Waals surface area contributed by atoms with Crippen molar-refractivity contribution < 1.29 is 4.74 Å². The van der Waals surface area contributed by atoms with Crippen LogP contribution in [0.15, 0.2) is 24.3 Å². The van der Waals surface area contributed by atoms with Crippen LogP contribution in [0.5, 0.6) is 5.75 Å². The van der Waals surface area contributed by atoms with Gasteiger partial charge in [0.2, 0.25) is 0 Å². The maximum Gasteiger partial charge on any atom is 0.169 e. The molecule has 1 atom stereocenters. The number of nitrogens with one attached hydrogen (secondary N) is 1. The van der Waals surface area contributed by atoms with Gasteiger partial charge in [-0.25, -0.2) is 0 Å². The van der Waals surface area contributed by atoms with E-state index in [0.717, 1.165) is 63.0 Å². The molecule has 1 fully saturated rings. The fourth-order valence-electron chi connectivity index (χ4n) is 3.01. The van der Waals surface area contributed by atoms with E-state index in [1.807, 2.05) is 6.07 Å². The van der Waals surface area contributed by atoms with Gasteiger partial charge in [-0.3, -0.25) is 0 Å². The Bertz CT molecular complexity index is 519. The maximum atomic E-state index is 6.14. The SMILES string of the molecule is CCc1cccc(OC2CCN(C(=S)NCCN(CC)CC)C2)c1. The molecule has 134 valence electrons. The van der Waals surface area contributed by atoms with Crippen molar-refractivity contribution >= 4 is 17.3 Å². The summed E-state index contributed by atoms with van der Waals surface area (Å²) < 4.78 is 6.14. The topological polar surface area (TPSA) is 27.7 Å². The van der Waals surface area contributed by atoms with Crippen LogP contribution >= 0.6 is 12.2 Å². The molecular formula is C19H31N3OS. The molecule has 0 spiro atoms. The minimum absolute atomic E-state index is 0.222. The first kappa shape index (κ1) is 19.0. The number of benzene rings is 1. The fraction of sp³-hybridized carbons (Fsp3) is 0.632. The van der Waals surface area contributed by atoms with E-state index >= 15 is 0 Å². The molecule has 2 rings (SSSR count). The first-order valence-corrected chi connectivity index (χ1v) is 9.57. The zero-order valence-corrected chi connectivity index (χ0v) is 16.1. The summed E-state index contributed by atoms with van der Waals surface area (Å²) in [5.41, 5.74) is 1.32. The van der Waals surface area contributed by atoms with Gasteiger partial charge in [-0.1, -0.05) is 32.9 Å². The number of aryl methyl sites for hydroxylation is 1. The highest BCUT2D eigenvalue weighted by atomic mass is 32.1. The van der Waals surface area contributed by atoms with Crippen LogP contribution in [0.1, 0.15) is 32.8 Å². The maximum absolute atomic E-state index is 6.14. The lowest BCUT2D eigenvalue weighted by molar-refractivity contribution is 0.214. The van der Waals surface area contributed by atoms with Crippen LogP contribution in [0.25, 0.3) is 0 Å². The minimum atomic E-state index is 0.222. The molecule has 1 unspecified atom stereocenters. The molecule has 1 aliphatic heterocycles. The van der Waals surface area contributed by atoms with E-state index in [1.165, 1.54) is 5.56 Å². The molecule has 1 aromatic carbocycles. The van der Waals surface area contributed by atoms with Gasteiger partial charge >= 0.3 is 0 Å². The van der Waals surface area contributed by atoms with Crippen LogP contribution in [0.2, 0.25) is 0 Å². The monoisotopic (exact) mass is 349 g/mol. The number of likely N-dealkylation sites (tertiary alicyclic amines) is 1. The molecule has 0 amide bonds. The number of ether oxygens (including phenoxy) is 1. The number of likely N-dealkylation sites (N-methyl/N-ethyl adjacent to an activating group) is 1. The first-order chi connectivity index (χ1) is 11.7.